The van der Waals surface area contributed by atoms with E-state index in [1.54, 1.807) is 6.92 Å². The van der Waals surface area contributed by atoms with Gasteiger partial charge in [0.25, 0.3) is 0 Å². The highest BCUT2D eigenvalue weighted by molar-refractivity contribution is 4.71. The molecule has 2 nitrogen and oxygen atoms in total. The smallest absolute Gasteiger partial charge is 0.0834 e. The summed E-state index contributed by atoms with van der Waals surface area (Å²) in [7, 11) is 0. The molecule has 0 aliphatic carbocycles. The molecule has 1 saturated heterocycles. The third kappa shape index (κ3) is 1.96. The van der Waals surface area contributed by atoms with Crippen molar-refractivity contribution in [3.63, 3.8) is 0 Å². The molecular formula is C8H16O2. The van der Waals surface area contributed by atoms with Gasteiger partial charge < -0.3 is 9.84 Å². The maximum Gasteiger partial charge on any atom is 0.0834 e. The van der Waals surface area contributed by atoms with E-state index in [9.17, 15) is 0 Å². The Hall–Kier alpha value is -0.0800. The first-order valence-corrected chi connectivity index (χ1v) is 4.03. The maximum absolute atomic E-state index is 9.17. The van der Waals surface area contributed by atoms with Crippen LogP contribution in [0.25, 0.3) is 0 Å². The molecule has 0 spiro atoms. The summed E-state index contributed by atoms with van der Waals surface area (Å²) in [5.41, 5.74) is 0. The highest BCUT2D eigenvalue weighted by Crippen LogP contribution is 2.20. The molecule has 60 valence electrons. The molecular weight excluding hydrogens is 128 g/mol. The van der Waals surface area contributed by atoms with Gasteiger partial charge in [0.1, 0.15) is 0 Å². The predicted octanol–water partition coefficient (Wildman–Crippen LogP) is 1.32. The first-order chi connectivity index (χ1) is 4.70. The minimum atomic E-state index is -0.303. The van der Waals surface area contributed by atoms with E-state index in [0.29, 0.717) is 6.10 Å². The summed E-state index contributed by atoms with van der Waals surface area (Å²) in [6, 6.07) is 0. The van der Waals surface area contributed by atoms with Crippen LogP contribution in [-0.2, 0) is 4.74 Å². The number of rotatable bonds is 1. The minimum absolute atomic E-state index is 0.0868. The van der Waals surface area contributed by atoms with Crippen molar-refractivity contribution in [1.29, 1.82) is 0 Å². The zero-order valence-electron chi connectivity index (χ0n) is 6.71. The number of hydrogen-bond acceptors (Lipinski definition) is 2. The lowest BCUT2D eigenvalue weighted by molar-refractivity contribution is -0.0926. The molecule has 0 bridgehead atoms. The number of aliphatic hydroxyl groups excluding tert-OH is 1. The third-order valence-corrected chi connectivity index (χ3v) is 2.04. The fourth-order valence-electron chi connectivity index (χ4n) is 1.40. The zero-order valence-corrected chi connectivity index (χ0v) is 6.71. The van der Waals surface area contributed by atoms with Gasteiger partial charge in [-0.15, -0.1) is 0 Å². The van der Waals surface area contributed by atoms with Gasteiger partial charge in [-0.05, 0) is 33.1 Å². The summed E-state index contributed by atoms with van der Waals surface area (Å²) in [6.07, 6.45) is 3.47. The molecule has 3 unspecified atom stereocenters. The van der Waals surface area contributed by atoms with Crippen molar-refractivity contribution in [1.82, 2.24) is 0 Å². The summed E-state index contributed by atoms with van der Waals surface area (Å²) in [5.74, 6) is 0. The standard InChI is InChI=1S/C8H16O2/c1-6-4-3-5-8(10-6)7(2)9/h6-9H,3-5H2,1-2H3. The van der Waals surface area contributed by atoms with Crippen molar-refractivity contribution < 1.29 is 9.84 Å². The maximum atomic E-state index is 9.17. The Balaban J connectivity index is 2.32. The fourth-order valence-corrected chi connectivity index (χ4v) is 1.40. The lowest BCUT2D eigenvalue weighted by atomic mass is 10.0. The Morgan fingerprint density at radius 3 is 2.60 bits per heavy atom. The van der Waals surface area contributed by atoms with Crippen LogP contribution in [-0.4, -0.2) is 23.4 Å². The average Bonchev–Trinajstić information content (AvgIpc) is 1.88. The van der Waals surface area contributed by atoms with Crippen molar-refractivity contribution in [2.45, 2.75) is 51.4 Å². The van der Waals surface area contributed by atoms with Crippen LogP contribution in [0.2, 0.25) is 0 Å². The molecule has 1 rings (SSSR count). The van der Waals surface area contributed by atoms with Crippen LogP contribution in [0.3, 0.4) is 0 Å². The van der Waals surface area contributed by atoms with Crippen LogP contribution < -0.4 is 0 Å². The number of aliphatic hydroxyl groups is 1. The second-order valence-electron chi connectivity index (χ2n) is 3.16. The molecule has 10 heavy (non-hydrogen) atoms. The molecule has 1 fully saturated rings. The Bertz CT molecular complexity index is 101. The van der Waals surface area contributed by atoms with E-state index >= 15 is 0 Å². The Morgan fingerprint density at radius 2 is 2.20 bits per heavy atom. The van der Waals surface area contributed by atoms with Gasteiger partial charge in [0.05, 0.1) is 18.3 Å². The summed E-state index contributed by atoms with van der Waals surface area (Å²) >= 11 is 0. The van der Waals surface area contributed by atoms with E-state index in [-0.39, 0.29) is 12.2 Å². The van der Waals surface area contributed by atoms with E-state index < -0.39 is 0 Å². The monoisotopic (exact) mass is 144 g/mol. The molecule has 0 aromatic heterocycles. The third-order valence-electron chi connectivity index (χ3n) is 2.04. The summed E-state index contributed by atoms with van der Waals surface area (Å²) < 4.78 is 5.50. The molecule has 1 heterocycles. The molecule has 0 saturated carbocycles. The SMILES string of the molecule is CC1CCCC(C(C)O)O1. The van der Waals surface area contributed by atoms with Crippen LogP contribution >= 0.6 is 0 Å². The summed E-state index contributed by atoms with van der Waals surface area (Å²) in [6.45, 7) is 3.86. The van der Waals surface area contributed by atoms with Crippen LogP contribution in [0.15, 0.2) is 0 Å². The zero-order chi connectivity index (χ0) is 7.56. The molecule has 0 amide bonds. The Labute approximate surface area is 62.2 Å². The molecule has 0 radical (unpaired) electrons. The van der Waals surface area contributed by atoms with E-state index in [4.69, 9.17) is 9.84 Å². The molecule has 3 atom stereocenters. The van der Waals surface area contributed by atoms with E-state index in [1.807, 2.05) is 0 Å². The molecule has 0 aromatic carbocycles. The van der Waals surface area contributed by atoms with Gasteiger partial charge in [0, 0.05) is 0 Å². The first-order valence-electron chi connectivity index (χ1n) is 4.03. The van der Waals surface area contributed by atoms with Gasteiger partial charge in [-0.25, -0.2) is 0 Å². The average molecular weight is 144 g/mol. The van der Waals surface area contributed by atoms with Gasteiger partial charge in [-0.2, -0.15) is 0 Å². The van der Waals surface area contributed by atoms with Gasteiger partial charge in [0.2, 0.25) is 0 Å². The van der Waals surface area contributed by atoms with Crippen molar-refractivity contribution >= 4 is 0 Å². The Kier molecular flexibility index (Phi) is 2.69. The lowest BCUT2D eigenvalue weighted by Crippen LogP contribution is -2.33. The van der Waals surface area contributed by atoms with Gasteiger partial charge in [0.15, 0.2) is 0 Å². The summed E-state index contributed by atoms with van der Waals surface area (Å²) in [4.78, 5) is 0. The molecule has 0 aromatic rings. The number of ether oxygens (including phenoxy) is 1. The number of hydrogen-bond donors (Lipinski definition) is 1. The predicted molar refractivity (Wildman–Crippen MR) is 39.9 cm³/mol. The van der Waals surface area contributed by atoms with E-state index in [2.05, 4.69) is 6.92 Å². The van der Waals surface area contributed by atoms with Crippen molar-refractivity contribution in [3.05, 3.63) is 0 Å². The Morgan fingerprint density at radius 1 is 1.50 bits per heavy atom. The normalized spacial score (nSPS) is 37.5. The van der Waals surface area contributed by atoms with Gasteiger partial charge >= 0.3 is 0 Å². The second-order valence-corrected chi connectivity index (χ2v) is 3.16. The quantitative estimate of drug-likeness (QED) is 0.601. The highest BCUT2D eigenvalue weighted by atomic mass is 16.5. The molecule has 1 N–H and O–H groups in total. The van der Waals surface area contributed by atoms with Crippen molar-refractivity contribution in [2.75, 3.05) is 0 Å². The molecule has 1 aliphatic rings. The van der Waals surface area contributed by atoms with E-state index in [1.165, 1.54) is 6.42 Å². The largest absolute Gasteiger partial charge is 0.391 e. The fraction of sp³-hybridized carbons (Fsp3) is 1.00. The van der Waals surface area contributed by atoms with Gasteiger partial charge in [-0.3, -0.25) is 0 Å². The van der Waals surface area contributed by atoms with Crippen LogP contribution in [0, 0.1) is 0 Å². The highest BCUT2D eigenvalue weighted by Gasteiger charge is 2.22. The minimum Gasteiger partial charge on any atom is -0.391 e. The summed E-state index contributed by atoms with van der Waals surface area (Å²) in [5, 5.41) is 9.17. The van der Waals surface area contributed by atoms with Gasteiger partial charge in [-0.1, -0.05) is 0 Å². The topological polar surface area (TPSA) is 29.5 Å². The van der Waals surface area contributed by atoms with Crippen molar-refractivity contribution in [3.8, 4) is 0 Å². The lowest BCUT2D eigenvalue weighted by Gasteiger charge is -2.29. The van der Waals surface area contributed by atoms with Crippen LogP contribution in [0.1, 0.15) is 33.1 Å². The first kappa shape index (κ1) is 8.02. The van der Waals surface area contributed by atoms with Crippen molar-refractivity contribution in [2.24, 2.45) is 0 Å². The van der Waals surface area contributed by atoms with E-state index in [0.717, 1.165) is 12.8 Å². The molecule has 2 heteroatoms. The van der Waals surface area contributed by atoms with Crippen LogP contribution in [0.5, 0.6) is 0 Å². The van der Waals surface area contributed by atoms with Crippen LogP contribution in [0.4, 0.5) is 0 Å². The second kappa shape index (κ2) is 3.35. The molecule has 1 aliphatic heterocycles.